The van der Waals surface area contributed by atoms with Gasteiger partial charge in [0.25, 0.3) is 5.91 Å². The number of carbonyl (C=O) groups is 2. The summed E-state index contributed by atoms with van der Waals surface area (Å²) in [6.07, 6.45) is 2.18. The molecule has 1 heterocycles. The van der Waals surface area contributed by atoms with Crippen molar-refractivity contribution in [1.29, 1.82) is 0 Å². The van der Waals surface area contributed by atoms with Crippen LogP contribution in [0.1, 0.15) is 30.8 Å². The van der Waals surface area contributed by atoms with Crippen LogP contribution < -0.4 is 10.6 Å². The number of carbonyl (C=O) groups excluding carboxylic acids is 2. The Kier molecular flexibility index (Phi) is 5.38. The molecule has 5 nitrogen and oxygen atoms in total. The van der Waals surface area contributed by atoms with E-state index in [1.807, 2.05) is 13.8 Å². The van der Waals surface area contributed by atoms with E-state index >= 15 is 0 Å². The van der Waals surface area contributed by atoms with Gasteiger partial charge in [-0.05, 0) is 52.2 Å². The van der Waals surface area contributed by atoms with Gasteiger partial charge in [-0.15, -0.1) is 0 Å². The summed E-state index contributed by atoms with van der Waals surface area (Å²) < 4.78 is 0.820. The molecule has 0 saturated carbocycles. The van der Waals surface area contributed by atoms with Gasteiger partial charge < -0.3 is 15.6 Å². The van der Waals surface area contributed by atoms with Crippen LogP contribution in [0, 0.1) is 5.92 Å². The van der Waals surface area contributed by atoms with E-state index in [1.165, 1.54) is 0 Å². The van der Waals surface area contributed by atoms with E-state index in [9.17, 15) is 9.59 Å². The van der Waals surface area contributed by atoms with Gasteiger partial charge >= 0.3 is 0 Å². The molecule has 0 bridgehead atoms. The highest BCUT2D eigenvalue weighted by Crippen LogP contribution is 2.16. The zero-order valence-electron chi connectivity index (χ0n) is 12.4. The SMILES string of the molecule is CC(C)CC(=O)Nc1ccc(NC(=O)c2cc(Br)c[nH]2)cc1. The number of amides is 2. The molecule has 0 fully saturated rings. The number of hydrogen-bond acceptors (Lipinski definition) is 2. The number of aromatic nitrogens is 1. The number of H-pyrrole nitrogens is 1. The molecule has 6 heteroatoms. The number of aromatic amines is 1. The molecule has 0 unspecified atom stereocenters. The third-order valence-corrected chi connectivity index (χ3v) is 3.37. The van der Waals surface area contributed by atoms with Gasteiger partial charge in [0.05, 0.1) is 0 Å². The Morgan fingerprint density at radius 2 is 1.73 bits per heavy atom. The second-order valence-electron chi connectivity index (χ2n) is 5.41. The van der Waals surface area contributed by atoms with E-state index in [4.69, 9.17) is 0 Å². The average molecular weight is 364 g/mol. The fourth-order valence-corrected chi connectivity index (χ4v) is 2.26. The van der Waals surface area contributed by atoms with Gasteiger partial charge in [-0.3, -0.25) is 9.59 Å². The molecule has 0 atom stereocenters. The van der Waals surface area contributed by atoms with Gasteiger partial charge in [0.1, 0.15) is 5.69 Å². The zero-order chi connectivity index (χ0) is 16.1. The summed E-state index contributed by atoms with van der Waals surface area (Å²) in [5.41, 5.74) is 1.85. The molecule has 1 aromatic heterocycles. The van der Waals surface area contributed by atoms with Crippen LogP contribution >= 0.6 is 15.9 Å². The molecule has 0 aliphatic carbocycles. The number of nitrogens with one attached hydrogen (secondary N) is 3. The van der Waals surface area contributed by atoms with E-state index in [0.717, 1.165) is 4.47 Å². The highest BCUT2D eigenvalue weighted by atomic mass is 79.9. The van der Waals surface area contributed by atoms with Crippen molar-refractivity contribution < 1.29 is 9.59 Å². The van der Waals surface area contributed by atoms with Crippen molar-refractivity contribution in [2.75, 3.05) is 10.6 Å². The van der Waals surface area contributed by atoms with Crippen LogP contribution in [0.25, 0.3) is 0 Å². The van der Waals surface area contributed by atoms with Crippen molar-refractivity contribution in [3.8, 4) is 0 Å². The number of rotatable bonds is 5. The van der Waals surface area contributed by atoms with E-state index in [2.05, 4.69) is 31.5 Å². The Hall–Kier alpha value is -2.08. The number of benzene rings is 1. The molecule has 3 N–H and O–H groups in total. The van der Waals surface area contributed by atoms with Gasteiger partial charge in [-0.2, -0.15) is 0 Å². The lowest BCUT2D eigenvalue weighted by molar-refractivity contribution is -0.116. The predicted octanol–water partition coefficient (Wildman–Crippen LogP) is 4.01. The van der Waals surface area contributed by atoms with Crippen molar-refractivity contribution in [3.05, 3.63) is 46.7 Å². The Balaban J connectivity index is 1.94. The maximum atomic E-state index is 12.0. The third kappa shape index (κ3) is 4.73. The van der Waals surface area contributed by atoms with Crippen LogP contribution in [0.5, 0.6) is 0 Å². The molecule has 2 amide bonds. The first-order chi connectivity index (χ1) is 10.4. The van der Waals surface area contributed by atoms with Crippen molar-refractivity contribution in [2.24, 2.45) is 5.92 Å². The minimum absolute atomic E-state index is 0.0111. The first-order valence-electron chi connectivity index (χ1n) is 6.99. The predicted molar refractivity (Wildman–Crippen MR) is 91.0 cm³/mol. The van der Waals surface area contributed by atoms with Crippen molar-refractivity contribution in [2.45, 2.75) is 20.3 Å². The quantitative estimate of drug-likeness (QED) is 0.750. The molecular formula is C16H18BrN3O2. The first kappa shape index (κ1) is 16.3. The minimum Gasteiger partial charge on any atom is -0.356 e. The molecular weight excluding hydrogens is 346 g/mol. The zero-order valence-corrected chi connectivity index (χ0v) is 14.0. The summed E-state index contributed by atoms with van der Waals surface area (Å²) in [4.78, 5) is 26.5. The topological polar surface area (TPSA) is 74.0 Å². The largest absolute Gasteiger partial charge is 0.356 e. The molecule has 2 aromatic rings. The van der Waals surface area contributed by atoms with Gasteiger partial charge in [0, 0.05) is 28.5 Å². The van der Waals surface area contributed by atoms with Crippen LogP contribution in [0.3, 0.4) is 0 Å². The summed E-state index contributed by atoms with van der Waals surface area (Å²) in [5, 5.41) is 5.61. The number of anilines is 2. The summed E-state index contributed by atoms with van der Waals surface area (Å²) in [6, 6.07) is 8.73. The lowest BCUT2D eigenvalue weighted by Gasteiger charge is -2.08. The standard InChI is InChI=1S/C16H18BrN3O2/c1-10(2)7-15(21)19-12-3-5-13(6-4-12)20-16(22)14-8-11(17)9-18-14/h3-6,8-10,18H,7H2,1-2H3,(H,19,21)(H,20,22). The summed E-state index contributed by atoms with van der Waals surface area (Å²) in [5.74, 6) is 0.0870. The van der Waals surface area contributed by atoms with Gasteiger partial charge in [-0.25, -0.2) is 0 Å². The summed E-state index contributed by atoms with van der Waals surface area (Å²) in [7, 11) is 0. The molecule has 116 valence electrons. The maximum Gasteiger partial charge on any atom is 0.272 e. The van der Waals surface area contributed by atoms with Crippen LogP contribution in [-0.2, 0) is 4.79 Å². The second-order valence-corrected chi connectivity index (χ2v) is 6.32. The van der Waals surface area contributed by atoms with E-state index in [-0.39, 0.29) is 11.8 Å². The third-order valence-electron chi connectivity index (χ3n) is 2.91. The molecule has 0 radical (unpaired) electrons. The smallest absolute Gasteiger partial charge is 0.272 e. The average Bonchev–Trinajstić information content (AvgIpc) is 2.87. The fourth-order valence-electron chi connectivity index (χ4n) is 1.92. The van der Waals surface area contributed by atoms with Crippen LogP contribution in [0.15, 0.2) is 41.0 Å². The molecule has 0 saturated heterocycles. The summed E-state index contributed by atoms with van der Waals surface area (Å²) >= 11 is 3.28. The molecule has 2 rings (SSSR count). The van der Waals surface area contributed by atoms with Gasteiger partial charge in [-0.1, -0.05) is 13.8 Å². The lowest BCUT2D eigenvalue weighted by atomic mass is 10.1. The van der Waals surface area contributed by atoms with Crippen LogP contribution in [-0.4, -0.2) is 16.8 Å². The van der Waals surface area contributed by atoms with Crippen molar-refractivity contribution in [1.82, 2.24) is 4.98 Å². The number of hydrogen-bond donors (Lipinski definition) is 3. The highest BCUT2D eigenvalue weighted by molar-refractivity contribution is 9.10. The summed E-state index contributed by atoms with van der Waals surface area (Å²) in [6.45, 7) is 3.99. The molecule has 1 aromatic carbocycles. The van der Waals surface area contributed by atoms with Crippen molar-refractivity contribution >= 4 is 39.1 Å². The van der Waals surface area contributed by atoms with Crippen LogP contribution in [0.4, 0.5) is 11.4 Å². The number of halogens is 1. The van der Waals surface area contributed by atoms with Crippen LogP contribution in [0.2, 0.25) is 0 Å². The van der Waals surface area contributed by atoms with E-state index in [1.54, 1.807) is 36.5 Å². The Labute approximate surface area is 137 Å². The van der Waals surface area contributed by atoms with Gasteiger partial charge in [0.2, 0.25) is 5.91 Å². The van der Waals surface area contributed by atoms with Crippen molar-refractivity contribution in [3.63, 3.8) is 0 Å². The molecule has 0 aliphatic rings. The first-order valence-corrected chi connectivity index (χ1v) is 7.78. The maximum absolute atomic E-state index is 12.0. The van der Waals surface area contributed by atoms with E-state index < -0.39 is 0 Å². The highest BCUT2D eigenvalue weighted by Gasteiger charge is 2.09. The van der Waals surface area contributed by atoms with Gasteiger partial charge in [0.15, 0.2) is 0 Å². The van der Waals surface area contributed by atoms with E-state index in [0.29, 0.717) is 29.4 Å². The molecule has 0 aliphatic heterocycles. The minimum atomic E-state index is -0.220. The lowest BCUT2D eigenvalue weighted by Crippen LogP contribution is -2.14. The Bertz CT molecular complexity index is 662. The Morgan fingerprint density at radius 3 is 2.23 bits per heavy atom. The molecule has 22 heavy (non-hydrogen) atoms. The fraction of sp³-hybridized carbons (Fsp3) is 0.250. The second kappa shape index (κ2) is 7.26. The Morgan fingerprint density at radius 1 is 1.14 bits per heavy atom. The normalized spacial score (nSPS) is 10.5. The monoisotopic (exact) mass is 363 g/mol. The molecule has 0 spiro atoms.